The van der Waals surface area contributed by atoms with Gasteiger partial charge in [-0.2, -0.15) is 0 Å². The maximum atomic E-state index is 11.9. The minimum absolute atomic E-state index is 0.00453. The molecular weight excluding hydrogens is 360 g/mol. The molecule has 26 heavy (non-hydrogen) atoms. The molecule has 0 atom stereocenters. The van der Waals surface area contributed by atoms with Crippen molar-refractivity contribution in [3.05, 3.63) is 57.5 Å². The number of nitrogens with one attached hydrogen (secondary N) is 1. The number of amides is 1. The number of carbonyl (C=O) groups is 1. The molecule has 10 heteroatoms. The molecular formula is C16H12N4O5S. The average molecular weight is 372 g/mol. The molecule has 2 aromatic heterocycles. The Labute approximate surface area is 151 Å². The van der Waals surface area contributed by atoms with Gasteiger partial charge in [0.2, 0.25) is 5.89 Å². The van der Waals surface area contributed by atoms with E-state index in [1.807, 2.05) is 0 Å². The average Bonchev–Trinajstić information content (AvgIpc) is 3.29. The van der Waals surface area contributed by atoms with E-state index in [0.29, 0.717) is 16.2 Å². The van der Waals surface area contributed by atoms with Crippen molar-refractivity contribution in [3.63, 3.8) is 0 Å². The standard InChI is InChI=1S/C16H12N4O5S/c1-24-11-4-2-3-10(9-11)15-18-19-16(25-15)17-13(21)7-5-12-6-8-14(26-12)20(22)23/h2-9H,1H3,(H,17,19,21). The number of carbonyl (C=O) groups excluding carboxylic acids is 1. The minimum atomic E-state index is -0.498. The molecule has 3 aromatic rings. The van der Waals surface area contributed by atoms with Crippen LogP contribution >= 0.6 is 11.3 Å². The van der Waals surface area contributed by atoms with E-state index in [-0.39, 0.29) is 16.9 Å². The van der Waals surface area contributed by atoms with Gasteiger partial charge in [-0.05, 0) is 30.3 Å². The third-order valence-electron chi connectivity index (χ3n) is 3.16. The van der Waals surface area contributed by atoms with Gasteiger partial charge in [0, 0.05) is 22.6 Å². The van der Waals surface area contributed by atoms with Crippen LogP contribution in [-0.4, -0.2) is 28.1 Å². The van der Waals surface area contributed by atoms with E-state index in [0.717, 1.165) is 11.3 Å². The fourth-order valence-electron chi connectivity index (χ4n) is 1.98. The van der Waals surface area contributed by atoms with Gasteiger partial charge in [-0.3, -0.25) is 20.2 Å². The number of aromatic nitrogens is 2. The van der Waals surface area contributed by atoms with Crippen LogP contribution in [0.25, 0.3) is 17.5 Å². The first-order valence-electron chi connectivity index (χ1n) is 7.26. The Hall–Kier alpha value is -3.53. The molecule has 3 rings (SSSR count). The summed E-state index contributed by atoms with van der Waals surface area (Å²) in [6.07, 6.45) is 2.69. The zero-order chi connectivity index (χ0) is 18.5. The quantitative estimate of drug-likeness (QED) is 0.400. The van der Waals surface area contributed by atoms with Crippen molar-refractivity contribution in [1.29, 1.82) is 0 Å². The van der Waals surface area contributed by atoms with E-state index in [2.05, 4.69) is 15.5 Å². The summed E-state index contributed by atoms with van der Waals surface area (Å²) in [5, 5.41) is 20.7. The van der Waals surface area contributed by atoms with E-state index >= 15 is 0 Å². The molecule has 0 saturated carbocycles. The third-order valence-corrected chi connectivity index (χ3v) is 4.17. The molecule has 0 saturated heterocycles. The summed E-state index contributed by atoms with van der Waals surface area (Å²) in [6, 6.07) is 9.92. The van der Waals surface area contributed by atoms with E-state index in [1.54, 1.807) is 37.4 Å². The van der Waals surface area contributed by atoms with Gasteiger partial charge in [-0.25, -0.2) is 0 Å². The van der Waals surface area contributed by atoms with E-state index in [4.69, 9.17) is 9.15 Å². The Balaban J connectivity index is 1.65. The number of nitro groups is 1. The number of rotatable bonds is 6. The number of thiophene rings is 1. The zero-order valence-corrected chi connectivity index (χ0v) is 14.2. The fourth-order valence-corrected chi connectivity index (χ4v) is 2.71. The second kappa shape index (κ2) is 7.57. The summed E-state index contributed by atoms with van der Waals surface area (Å²) in [5.41, 5.74) is 0.652. The Morgan fingerprint density at radius 1 is 1.35 bits per heavy atom. The van der Waals surface area contributed by atoms with Crippen LogP contribution in [0.4, 0.5) is 11.0 Å². The van der Waals surface area contributed by atoms with Crippen molar-refractivity contribution >= 4 is 34.3 Å². The van der Waals surface area contributed by atoms with Crippen LogP contribution in [0.15, 0.2) is 46.9 Å². The lowest BCUT2D eigenvalue weighted by atomic mass is 10.2. The molecule has 0 bridgehead atoms. The zero-order valence-electron chi connectivity index (χ0n) is 13.4. The number of anilines is 1. The summed E-state index contributed by atoms with van der Waals surface area (Å²) in [5.74, 6) is 0.373. The van der Waals surface area contributed by atoms with Gasteiger partial charge in [0.05, 0.1) is 12.0 Å². The monoisotopic (exact) mass is 372 g/mol. The molecule has 0 spiro atoms. The molecule has 0 aliphatic rings. The smallest absolute Gasteiger partial charge is 0.324 e. The van der Waals surface area contributed by atoms with Gasteiger partial charge in [0.15, 0.2) is 0 Å². The normalized spacial score (nSPS) is 10.8. The van der Waals surface area contributed by atoms with Crippen LogP contribution in [-0.2, 0) is 4.79 Å². The third kappa shape index (κ3) is 4.11. The van der Waals surface area contributed by atoms with Gasteiger partial charge in [0.1, 0.15) is 5.75 Å². The van der Waals surface area contributed by atoms with Gasteiger partial charge < -0.3 is 9.15 Å². The van der Waals surface area contributed by atoms with Crippen molar-refractivity contribution in [3.8, 4) is 17.2 Å². The first-order chi connectivity index (χ1) is 12.5. The second-order valence-electron chi connectivity index (χ2n) is 4.90. The minimum Gasteiger partial charge on any atom is -0.497 e. The van der Waals surface area contributed by atoms with Crippen molar-refractivity contribution < 1.29 is 18.9 Å². The molecule has 0 aliphatic heterocycles. The SMILES string of the molecule is COc1cccc(-c2nnc(NC(=O)C=Cc3ccc([N+](=O)[O-])s3)o2)c1. The Morgan fingerprint density at radius 2 is 2.19 bits per heavy atom. The first-order valence-corrected chi connectivity index (χ1v) is 8.08. The van der Waals surface area contributed by atoms with Crippen LogP contribution in [0.5, 0.6) is 5.75 Å². The summed E-state index contributed by atoms with van der Waals surface area (Å²) >= 11 is 0.965. The van der Waals surface area contributed by atoms with Crippen molar-refractivity contribution in [2.24, 2.45) is 0 Å². The van der Waals surface area contributed by atoms with E-state index in [1.165, 1.54) is 18.2 Å². The highest BCUT2D eigenvalue weighted by atomic mass is 32.1. The molecule has 1 amide bonds. The number of methoxy groups -OCH3 is 1. The van der Waals surface area contributed by atoms with Gasteiger partial charge >= 0.3 is 11.0 Å². The van der Waals surface area contributed by atoms with E-state index in [9.17, 15) is 14.9 Å². The summed E-state index contributed by atoms with van der Waals surface area (Å²) in [6.45, 7) is 0. The highest BCUT2D eigenvalue weighted by Gasteiger charge is 2.11. The molecule has 0 fully saturated rings. The lowest BCUT2D eigenvalue weighted by Gasteiger charge is -2.00. The van der Waals surface area contributed by atoms with Crippen LogP contribution < -0.4 is 10.1 Å². The maximum Gasteiger partial charge on any atom is 0.324 e. The molecule has 2 heterocycles. The predicted molar refractivity (Wildman–Crippen MR) is 94.9 cm³/mol. The van der Waals surface area contributed by atoms with Crippen molar-refractivity contribution in [2.75, 3.05) is 12.4 Å². The predicted octanol–water partition coefficient (Wildman–Crippen LogP) is 3.37. The summed E-state index contributed by atoms with van der Waals surface area (Å²) < 4.78 is 10.5. The molecule has 0 radical (unpaired) electrons. The van der Waals surface area contributed by atoms with Crippen molar-refractivity contribution in [1.82, 2.24) is 10.2 Å². The van der Waals surface area contributed by atoms with Gasteiger partial charge in [0.25, 0.3) is 5.91 Å². The highest BCUT2D eigenvalue weighted by molar-refractivity contribution is 7.16. The number of ether oxygens (including phenoxy) is 1. The molecule has 0 aliphatic carbocycles. The first kappa shape index (κ1) is 17.3. The molecule has 9 nitrogen and oxygen atoms in total. The summed E-state index contributed by atoms with van der Waals surface area (Å²) in [4.78, 5) is 22.6. The Morgan fingerprint density at radius 3 is 2.92 bits per heavy atom. The van der Waals surface area contributed by atoms with Crippen LogP contribution in [0.2, 0.25) is 0 Å². The van der Waals surface area contributed by atoms with Crippen molar-refractivity contribution in [2.45, 2.75) is 0 Å². The number of nitrogens with zero attached hydrogens (tertiary/aromatic N) is 3. The summed E-state index contributed by atoms with van der Waals surface area (Å²) in [7, 11) is 1.55. The van der Waals surface area contributed by atoms with Crippen LogP contribution in [0, 0.1) is 10.1 Å². The topological polar surface area (TPSA) is 120 Å². The molecule has 132 valence electrons. The Bertz CT molecular complexity index is 978. The number of hydrogen-bond acceptors (Lipinski definition) is 8. The molecule has 1 N–H and O–H groups in total. The second-order valence-corrected chi connectivity index (χ2v) is 5.99. The van der Waals surface area contributed by atoms with Gasteiger partial charge in [-0.1, -0.05) is 22.5 Å². The maximum absolute atomic E-state index is 11.9. The molecule has 0 unspecified atom stereocenters. The van der Waals surface area contributed by atoms with Crippen LogP contribution in [0.3, 0.4) is 0 Å². The lowest BCUT2D eigenvalue weighted by molar-refractivity contribution is -0.380. The Kier molecular flexibility index (Phi) is 5.04. The lowest BCUT2D eigenvalue weighted by Crippen LogP contribution is -2.07. The highest BCUT2D eigenvalue weighted by Crippen LogP contribution is 2.25. The van der Waals surface area contributed by atoms with E-state index < -0.39 is 10.8 Å². The largest absolute Gasteiger partial charge is 0.497 e. The van der Waals surface area contributed by atoms with Gasteiger partial charge in [-0.15, -0.1) is 5.10 Å². The number of hydrogen-bond donors (Lipinski definition) is 1. The fraction of sp³-hybridized carbons (Fsp3) is 0.0625. The number of benzene rings is 1. The van der Waals surface area contributed by atoms with Crippen LogP contribution in [0.1, 0.15) is 4.88 Å². The molecule has 1 aromatic carbocycles.